The van der Waals surface area contributed by atoms with Crippen LogP contribution in [0.1, 0.15) is 34.3 Å². The summed E-state index contributed by atoms with van der Waals surface area (Å²) < 4.78 is 70.1. The van der Waals surface area contributed by atoms with E-state index in [1.54, 1.807) is 6.07 Å². The van der Waals surface area contributed by atoms with Gasteiger partial charge >= 0.3 is 5.97 Å². The number of carboxylic acid groups (broad SMARTS) is 1. The Bertz CT molecular complexity index is 1320. The highest BCUT2D eigenvalue weighted by Gasteiger charge is 2.36. The van der Waals surface area contributed by atoms with Crippen LogP contribution in [0.25, 0.3) is 11.1 Å². The Morgan fingerprint density at radius 3 is 2.34 bits per heavy atom. The van der Waals surface area contributed by atoms with Gasteiger partial charge in [0, 0.05) is 12.0 Å². The lowest BCUT2D eigenvalue weighted by Crippen LogP contribution is -2.19. The number of anilines is 1. The van der Waals surface area contributed by atoms with Crippen LogP contribution >= 0.6 is 0 Å². The molecule has 0 aliphatic heterocycles. The Morgan fingerprint density at radius 1 is 0.969 bits per heavy atom. The zero-order valence-corrected chi connectivity index (χ0v) is 17.4. The fourth-order valence-electron chi connectivity index (χ4n) is 3.37. The van der Waals surface area contributed by atoms with E-state index in [1.165, 1.54) is 36.4 Å². The van der Waals surface area contributed by atoms with E-state index in [9.17, 15) is 26.4 Å². The van der Waals surface area contributed by atoms with Gasteiger partial charge in [-0.15, -0.1) is 0 Å². The van der Waals surface area contributed by atoms with Gasteiger partial charge in [-0.05, 0) is 59.9 Å². The number of rotatable bonds is 7. The molecule has 3 aromatic rings. The van der Waals surface area contributed by atoms with Crippen LogP contribution in [0.5, 0.6) is 0 Å². The van der Waals surface area contributed by atoms with Gasteiger partial charge in [-0.1, -0.05) is 24.3 Å². The van der Waals surface area contributed by atoms with E-state index in [0.29, 0.717) is 24.0 Å². The van der Waals surface area contributed by atoms with Gasteiger partial charge in [0.15, 0.2) is 11.6 Å². The minimum absolute atomic E-state index is 0.0273. The van der Waals surface area contributed by atoms with Gasteiger partial charge in [0.2, 0.25) is 10.0 Å². The summed E-state index contributed by atoms with van der Waals surface area (Å²) >= 11 is 0. The Morgan fingerprint density at radius 2 is 1.69 bits per heavy atom. The SMILES string of the molecule is O=C(O)c1cccc(-c2ccc(Cc3c(NS(=O)(=O)C4CC4)ccc(F)c3F)c(F)c2)c1. The number of aromatic carboxylic acids is 1. The highest BCUT2D eigenvalue weighted by molar-refractivity contribution is 7.93. The highest BCUT2D eigenvalue weighted by Crippen LogP contribution is 2.33. The smallest absolute Gasteiger partial charge is 0.335 e. The maximum absolute atomic E-state index is 14.8. The van der Waals surface area contributed by atoms with Gasteiger partial charge in [-0.25, -0.2) is 26.4 Å². The minimum Gasteiger partial charge on any atom is -0.478 e. The van der Waals surface area contributed by atoms with Crippen molar-refractivity contribution in [3.8, 4) is 11.1 Å². The summed E-state index contributed by atoms with van der Waals surface area (Å²) in [5, 5.41) is 8.55. The van der Waals surface area contributed by atoms with E-state index < -0.39 is 38.7 Å². The monoisotopic (exact) mass is 461 g/mol. The van der Waals surface area contributed by atoms with E-state index in [-0.39, 0.29) is 28.8 Å². The lowest BCUT2D eigenvalue weighted by molar-refractivity contribution is 0.0697. The summed E-state index contributed by atoms with van der Waals surface area (Å²) in [5.41, 5.74) is 0.525. The molecular formula is C23H18F3NO4S. The normalized spacial score (nSPS) is 13.7. The molecule has 0 bridgehead atoms. The van der Waals surface area contributed by atoms with Crippen LogP contribution < -0.4 is 4.72 Å². The minimum atomic E-state index is -3.73. The number of nitrogens with one attached hydrogen (secondary N) is 1. The molecule has 9 heteroatoms. The Kier molecular flexibility index (Phi) is 5.68. The summed E-state index contributed by atoms with van der Waals surface area (Å²) in [6, 6.07) is 12.0. The molecule has 0 atom stereocenters. The van der Waals surface area contributed by atoms with Gasteiger partial charge in [0.25, 0.3) is 0 Å². The van der Waals surface area contributed by atoms with Gasteiger partial charge in [0.05, 0.1) is 16.5 Å². The topological polar surface area (TPSA) is 83.5 Å². The molecule has 0 spiro atoms. The Balaban J connectivity index is 1.67. The molecule has 0 radical (unpaired) electrons. The summed E-state index contributed by atoms with van der Waals surface area (Å²) in [6.45, 7) is 0. The van der Waals surface area contributed by atoms with Gasteiger partial charge < -0.3 is 5.11 Å². The van der Waals surface area contributed by atoms with E-state index in [2.05, 4.69) is 4.72 Å². The molecule has 166 valence electrons. The summed E-state index contributed by atoms with van der Waals surface area (Å²) in [5.74, 6) is -4.26. The molecule has 32 heavy (non-hydrogen) atoms. The third kappa shape index (κ3) is 4.47. The Labute approximate surface area is 182 Å². The number of hydrogen-bond donors (Lipinski definition) is 2. The van der Waals surface area contributed by atoms with Crippen LogP contribution in [0.15, 0.2) is 54.6 Å². The van der Waals surface area contributed by atoms with Crippen molar-refractivity contribution in [1.29, 1.82) is 0 Å². The molecule has 1 aliphatic rings. The molecular weight excluding hydrogens is 443 g/mol. The first-order chi connectivity index (χ1) is 15.2. The quantitative estimate of drug-likeness (QED) is 0.521. The number of sulfonamides is 1. The molecule has 0 unspecified atom stereocenters. The average molecular weight is 461 g/mol. The predicted octanol–water partition coefficient (Wildman–Crippen LogP) is 4.96. The third-order valence-corrected chi connectivity index (χ3v) is 7.13. The fourth-order valence-corrected chi connectivity index (χ4v) is 4.79. The molecule has 0 heterocycles. The predicted molar refractivity (Wildman–Crippen MR) is 114 cm³/mol. The van der Waals surface area contributed by atoms with Gasteiger partial charge in [-0.3, -0.25) is 4.72 Å². The maximum Gasteiger partial charge on any atom is 0.335 e. The number of benzene rings is 3. The molecule has 3 aromatic carbocycles. The van der Waals surface area contributed by atoms with E-state index in [0.717, 1.165) is 12.1 Å². The molecule has 5 nitrogen and oxygen atoms in total. The fraction of sp³-hybridized carbons (Fsp3) is 0.174. The Hall–Kier alpha value is -3.33. The maximum atomic E-state index is 14.8. The van der Waals surface area contributed by atoms with E-state index >= 15 is 0 Å². The zero-order chi connectivity index (χ0) is 23.0. The lowest BCUT2D eigenvalue weighted by Gasteiger charge is -2.15. The first-order valence-corrected chi connectivity index (χ1v) is 11.3. The lowest BCUT2D eigenvalue weighted by atomic mass is 9.97. The van der Waals surface area contributed by atoms with Crippen molar-refractivity contribution in [2.45, 2.75) is 24.5 Å². The standard InChI is InChI=1S/C23H18F3NO4S/c24-19-8-9-21(27-32(30,31)17-6-7-17)18(22(19)26)11-15-5-4-14(12-20(15)25)13-2-1-3-16(10-13)23(28)29/h1-5,8-10,12,17,27H,6-7,11H2,(H,28,29). The number of halogens is 3. The molecule has 1 fully saturated rings. The van der Waals surface area contributed by atoms with Crippen LogP contribution in [0.4, 0.5) is 18.9 Å². The van der Waals surface area contributed by atoms with Crippen molar-refractivity contribution in [1.82, 2.24) is 0 Å². The molecule has 1 aliphatic carbocycles. The summed E-state index contributed by atoms with van der Waals surface area (Å²) in [6.07, 6.45) is 0.606. The second-order valence-electron chi connectivity index (χ2n) is 7.60. The number of hydrogen-bond acceptors (Lipinski definition) is 3. The number of carboxylic acids is 1. The van der Waals surface area contributed by atoms with Gasteiger partial charge in [0.1, 0.15) is 5.82 Å². The zero-order valence-electron chi connectivity index (χ0n) is 16.6. The van der Waals surface area contributed by atoms with Crippen LogP contribution in [-0.4, -0.2) is 24.7 Å². The van der Waals surface area contributed by atoms with Crippen LogP contribution in [0.3, 0.4) is 0 Å². The van der Waals surface area contributed by atoms with Crippen molar-refractivity contribution in [3.05, 3.63) is 88.7 Å². The van der Waals surface area contributed by atoms with Crippen LogP contribution in [-0.2, 0) is 16.4 Å². The average Bonchev–Trinajstić information content (AvgIpc) is 3.60. The number of carbonyl (C=O) groups is 1. The van der Waals surface area contributed by atoms with Crippen molar-refractivity contribution < 1.29 is 31.5 Å². The molecule has 0 saturated heterocycles. The first kappa shape index (κ1) is 21.9. The van der Waals surface area contributed by atoms with Crippen molar-refractivity contribution in [2.24, 2.45) is 0 Å². The largest absolute Gasteiger partial charge is 0.478 e. The summed E-state index contributed by atoms with van der Waals surface area (Å²) in [4.78, 5) is 11.2. The van der Waals surface area contributed by atoms with Crippen molar-refractivity contribution in [2.75, 3.05) is 4.72 Å². The third-order valence-electron chi connectivity index (χ3n) is 5.27. The second kappa shape index (κ2) is 8.31. The molecule has 1 saturated carbocycles. The molecule has 0 aromatic heterocycles. The van der Waals surface area contributed by atoms with Crippen molar-refractivity contribution in [3.63, 3.8) is 0 Å². The van der Waals surface area contributed by atoms with Crippen molar-refractivity contribution >= 4 is 21.7 Å². The summed E-state index contributed by atoms with van der Waals surface area (Å²) in [7, 11) is -3.73. The molecule has 0 amide bonds. The van der Waals surface area contributed by atoms with E-state index in [4.69, 9.17) is 5.11 Å². The highest BCUT2D eigenvalue weighted by atomic mass is 32.2. The van der Waals surface area contributed by atoms with Crippen LogP contribution in [0, 0.1) is 17.5 Å². The second-order valence-corrected chi connectivity index (χ2v) is 9.56. The first-order valence-electron chi connectivity index (χ1n) is 9.76. The van der Waals surface area contributed by atoms with Gasteiger partial charge in [-0.2, -0.15) is 0 Å². The molecule has 2 N–H and O–H groups in total. The van der Waals surface area contributed by atoms with Crippen LogP contribution in [0.2, 0.25) is 0 Å². The molecule has 4 rings (SSSR count). The van der Waals surface area contributed by atoms with E-state index in [1.807, 2.05) is 0 Å².